The van der Waals surface area contributed by atoms with Crippen LogP contribution in [0.25, 0.3) is 0 Å². The van der Waals surface area contributed by atoms with Gasteiger partial charge in [-0.15, -0.1) is 0 Å². The van der Waals surface area contributed by atoms with Crippen molar-refractivity contribution in [3.63, 3.8) is 0 Å². The Hall–Kier alpha value is -1.79. The molecule has 3 heterocycles. The lowest BCUT2D eigenvalue weighted by Gasteiger charge is -2.43. The first-order valence-electron chi connectivity index (χ1n) is 9.43. The lowest BCUT2D eigenvalue weighted by Crippen LogP contribution is -2.60. The highest BCUT2D eigenvalue weighted by atomic mass is 16.3. The zero-order chi connectivity index (χ0) is 17.4. The topological polar surface area (TPSA) is 90.6 Å². The maximum Gasteiger partial charge on any atom is 0.318 e. The molecule has 4 rings (SSSR count). The fraction of sp³-hybridized carbons (Fsp3) is 0.632. The normalized spacial score (nSPS) is 34.8. The number of aliphatic hydroxyl groups is 1. The van der Waals surface area contributed by atoms with E-state index in [9.17, 15) is 9.90 Å². The molecule has 5 N–H and O–H groups in total. The third-order valence-electron chi connectivity index (χ3n) is 6.14. The van der Waals surface area contributed by atoms with Crippen LogP contribution in [0.5, 0.6) is 0 Å². The van der Waals surface area contributed by atoms with Crippen molar-refractivity contribution in [3.8, 4) is 0 Å². The minimum Gasteiger partial charge on any atom is -0.399 e. The largest absolute Gasteiger partial charge is 0.399 e. The Kier molecular flexibility index (Phi) is 4.33. The summed E-state index contributed by atoms with van der Waals surface area (Å²) in [6.07, 6.45) is 5.10. The van der Waals surface area contributed by atoms with Gasteiger partial charge in [0.15, 0.2) is 0 Å². The number of nitrogens with zero attached hydrogens (tertiary/aromatic N) is 1. The summed E-state index contributed by atoms with van der Waals surface area (Å²) in [4.78, 5) is 15.2. The van der Waals surface area contributed by atoms with Crippen LogP contribution in [0.3, 0.4) is 0 Å². The number of nitrogens with one attached hydrogen (secondary N) is 2. The molecule has 1 aromatic carbocycles. The highest BCUT2D eigenvalue weighted by Crippen LogP contribution is 2.37. The van der Waals surface area contributed by atoms with Gasteiger partial charge in [-0.3, -0.25) is 0 Å². The van der Waals surface area contributed by atoms with E-state index in [0.29, 0.717) is 12.8 Å². The maximum atomic E-state index is 13.2. The van der Waals surface area contributed by atoms with E-state index in [0.717, 1.165) is 50.0 Å². The molecule has 6 heteroatoms. The fourth-order valence-electron chi connectivity index (χ4n) is 4.88. The number of urea groups is 1. The van der Waals surface area contributed by atoms with Crippen molar-refractivity contribution in [1.29, 1.82) is 0 Å². The Balaban J connectivity index is 1.57. The number of rotatable bonds is 2. The van der Waals surface area contributed by atoms with E-state index in [1.165, 1.54) is 0 Å². The number of nitrogens with two attached hydrogens (primary N) is 1. The molecule has 0 spiro atoms. The van der Waals surface area contributed by atoms with Gasteiger partial charge in [0.1, 0.15) is 0 Å². The summed E-state index contributed by atoms with van der Waals surface area (Å²) >= 11 is 0. The van der Waals surface area contributed by atoms with Crippen LogP contribution in [0.1, 0.15) is 44.1 Å². The van der Waals surface area contributed by atoms with Crippen LogP contribution in [0.4, 0.5) is 10.5 Å². The maximum absolute atomic E-state index is 13.2. The van der Waals surface area contributed by atoms with Gasteiger partial charge in [-0.1, -0.05) is 12.1 Å². The molecule has 3 atom stereocenters. The second kappa shape index (κ2) is 6.50. The highest BCUT2D eigenvalue weighted by Gasteiger charge is 2.45. The zero-order valence-corrected chi connectivity index (χ0v) is 14.6. The Labute approximate surface area is 148 Å². The van der Waals surface area contributed by atoms with Gasteiger partial charge in [0.2, 0.25) is 0 Å². The first-order valence-corrected chi connectivity index (χ1v) is 9.43. The number of benzene rings is 1. The molecule has 0 aliphatic carbocycles. The molecule has 3 aliphatic heterocycles. The molecule has 2 amide bonds. The van der Waals surface area contributed by atoms with Crippen molar-refractivity contribution in [2.75, 3.05) is 18.8 Å². The summed E-state index contributed by atoms with van der Waals surface area (Å²) in [6.45, 7) is 1.71. The number of carbonyl (C=O) groups is 1. The SMILES string of the molecule is Nc1ccc([C@@]2(NC(=O)N3C4CCC3CC(O)C4)CCCNC2)cc1. The van der Waals surface area contributed by atoms with Crippen molar-refractivity contribution < 1.29 is 9.90 Å². The Morgan fingerprint density at radius 3 is 2.52 bits per heavy atom. The van der Waals surface area contributed by atoms with Gasteiger partial charge in [0.25, 0.3) is 0 Å². The molecule has 136 valence electrons. The smallest absolute Gasteiger partial charge is 0.318 e. The van der Waals surface area contributed by atoms with E-state index in [-0.39, 0.29) is 24.2 Å². The number of amides is 2. The van der Waals surface area contributed by atoms with Crippen molar-refractivity contribution in [2.24, 2.45) is 0 Å². The number of aliphatic hydroxyl groups excluding tert-OH is 1. The molecule has 2 unspecified atom stereocenters. The molecular formula is C19H28N4O2. The fourth-order valence-corrected chi connectivity index (χ4v) is 4.88. The number of piperidine rings is 2. The number of fused-ring (bicyclic) bond motifs is 2. The summed E-state index contributed by atoms with van der Waals surface area (Å²) in [5.41, 5.74) is 7.29. The summed E-state index contributed by atoms with van der Waals surface area (Å²) in [7, 11) is 0. The second-order valence-electron chi connectivity index (χ2n) is 7.83. The van der Waals surface area contributed by atoms with E-state index in [1.807, 2.05) is 29.2 Å². The second-order valence-corrected chi connectivity index (χ2v) is 7.83. The van der Waals surface area contributed by atoms with Crippen LogP contribution in [0.15, 0.2) is 24.3 Å². The average Bonchev–Trinajstić information content (AvgIpc) is 2.88. The lowest BCUT2D eigenvalue weighted by atomic mass is 9.83. The van der Waals surface area contributed by atoms with Crippen LogP contribution in [-0.2, 0) is 5.54 Å². The third-order valence-corrected chi connectivity index (χ3v) is 6.14. The summed E-state index contributed by atoms with van der Waals surface area (Å²) in [5.74, 6) is 0. The minimum absolute atomic E-state index is 0.0138. The van der Waals surface area contributed by atoms with E-state index in [1.54, 1.807) is 0 Å². The van der Waals surface area contributed by atoms with Gasteiger partial charge in [-0.25, -0.2) is 4.79 Å². The molecule has 1 aromatic rings. The van der Waals surface area contributed by atoms with E-state index in [2.05, 4.69) is 10.6 Å². The Morgan fingerprint density at radius 2 is 1.92 bits per heavy atom. The van der Waals surface area contributed by atoms with Crippen molar-refractivity contribution in [3.05, 3.63) is 29.8 Å². The molecule has 3 aliphatic rings. The lowest BCUT2D eigenvalue weighted by molar-refractivity contribution is 0.0506. The van der Waals surface area contributed by atoms with Gasteiger partial charge in [0.05, 0.1) is 11.6 Å². The highest BCUT2D eigenvalue weighted by molar-refractivity contribution is 5.77. The predicted molar refractivity (Wildman–Crippen MR) is 97.1 cm³/mol. The third kappa shape index (κ3) is 3.09. The quantitative estimate of drug-likeness (QED) is 0.613. The van der Waals surface area contributed by atoms with Gasteiger partial charge in [0, 0.05) is 24.3 Å². The first kappa shape index (κ1) is 16.7. The van der Waals surface area contributed by atoms with Crippen molar-refractivity contribution in [1.82, 2.24) is 15.5 Å². The van der Waals surface area contributed by atoms with Crippen molar-refractivity contribution >= 4 is 11.7 Å². The summed E-state index contributed by atoms with van der Waals surface area (Å²) in [6, 6.07) is 8.22. The Morgan fingerprint density at radius 1 is 1.24 bits per heavy atom. The van der Waals surface area contributed by atoms with Crippen LogP contribution >= 0.6 is 0 Å². The molecule has 3 fully saturated rings. The molecule has 0 radical (unpaired) electrons. The number of anilines is 1. The number of hydrogen-bond donors (Lipinski definition) is 4. The first-order chi connectivity index (χ1) is 12.1. The minimum atomic E-state index is -0.390. The molecule has 2 bridgehead atoms. The molecular weight excluding hydrogens is 316 g/mol. The standard InChI is InChI=1S/C19H28N4O2/c20-14-4-2-13(3-5-14)19(8-1-9-21-12-19)22-18(25)23-15-6-7-16(23)11-17(24)10-15/h2-5,15-17,21,24H,1,6-12,20H2,(H,22,25)/t15?,16?,17?,19-/m1/s1. The monoisotopic (exact) mass is 344 g/mol. The molecule has 0 aromatic heterocycles. The van der Waals surface area contributed by atoms with Gasteiger partial charge in [-0.05, 0) is 62.8 Å². The number of nitrogen functional groups attached to an aromatic ring is 1. The average molecular weight is 344 g/mol. The Bertz CT molecular complexity index is 613. The van der Waals surface area contributed by atoms with Gasteiger partial charge in [-0.2, -0.15) is 0 Å². The predicted octanol–water partition coefficient (Wildman–Crippen LogP) is 1.54. The zero-order valence-electron chi connectivity index (χ0n) is 14.6. The van der Waals surface area contributed by atoms with Crippen LogP contribution < -0.4 is 16.4 Å². The van der Waals surface area contributed by atoms with E-state index in [4.69, 9.17) is 5.73 Å². The molecule has 0 saturated carbocycles. The summed E-state index contributed by atoms with van der Waals surface area (Å²) < 4.78 is 0. The molecule has 3 saturated heterocycles. The van der Waals surface area contributed by atoms with Crippen LogP contribution in [-0.4, -0.2) is 47.3 Å². The van der Waals surface area contributed by atoms with E-state index >= 15 is 0 Å². The van der Waals surface area contributed by atoms with Gasteiger partial charge >= 0.3 is 6.03 Å². The molecule has 25 heavy (non-hydrogen) atoms. The number of carbonyl (C=O) groups excluding carboxylic acids is 1. The van der Waals surface area contributed by atoms with Crippen LogP contribution in [0.2, 0.25) is 0 Å². The van der Waals surface area contributed by atoms with Crippen molar-refractivity contribution in [2.45, 2.75) is 62.3 Å². The summed E-state index contributed by atoms with van der Waals surface area (Å²) in [5, 5.41) is 16.8. The number of hydrogen-bond acceptors (Lipinski definition) is 4. The van der Waals surface area contributed by atoms with Gasteiger partial charge < -0.3 is 26.4 Å². The van der Waals surface area contributed by atoms with E-state index < -0.39 is 5.54 Å². The van der Waals surface area contributed by atoms with Crippen LogP contribution in [0, 0.1) is 0 Å². The molecule has 6 nitrogen and oxygen atoms in total.